The van der Waals surface area contributed by atoms with E-state index >= 15 is 0 Å². The predicted molar refractivity (Wildman–Crippen MR) is 87.2 cm³/mol. The molecule has 0 aliphatic carbocycles. The quantitative estimate of drug-likeness (QED) is 0.768. The molecule has 2 aromatic rings. The average molecular weight is 356 g/mol. The van der Waals surface area contributed by atoms with Crippen molar-refractivity contribution in [2.75, 3.05) is 11.6 Å². The van der Waals surface area contributed by atoms with Crippen LogP contribution >= 0.6 is 11.8 Å². The summed E-state index contributed by atoms with van der Waals surface area (Å²) in [5.41, 5.74) is 1.15. The Morgan fingerprint density at radius 2 is 1.92 bits per heavy atom. The summed E-state index contributed by atoms with van der Waals surface area (Å²) in [6.07, 6.45) is -2.85. The number of anilines is 1. The molecule has 0 heterocycles. The highest BCUT2D eigenvalue weighted by Gasteiger charge is 2.31. The highest BCUT2D eigenvalue weighted by atomic mass is 32.2. The van der Waals surface area contributed by atoms with Gasteiger partial charge in [0.15, 0.2) is 0 Å². The van der Waals surface area contributed by atoms with Crippen molar-refractivity contribution < 1.29 is 22.7 Å². The lowest BCUT2D eigenvalue weighted by molar-refractivity contribution is -0.274. The third kappa shape index (κ3) is 5.69. The molecule has 0 radical (unpaired) electrons. The molecule has 2 aromatic carbocycles. The highest BCUT2D eigenvalue weighted by molar-refractivity contribution is 7.98. The van der Waals surface area contributed by atoms with Crippen molar-refractivity contribution in [3.05, 3.63) is 54.1 Å². The fraction of sp³-hybridized carbons (Fsp3) is 0.188. The van der Waals surface area contributed by atoms with Gasteiger partial charge in [-0.15, -0.1) is 24.9 Å². The molecule has 0 atom stereocenters. The Morgan fingerprint density at radius 1 is 1.17 bits per heavy atom. The SMILES string of the molecule is CSc1ccccc1NC(=O)NCc1cccc(OC(F)(F)F)c1. The van der Waals surface area contributed by atoms with Crippen LogP contribution in [-0.4, -0.2) is 18.6 Å². The van der Waals surface area contributed by atoms with Crippen LogP contribution in [0.1, 0.15) is 5.56 Å². The van der Waals surface area contributed by atoms with E-state index in [-0.39, 0.29) is 12.3 Å². The van der Waals surface area contributed by atoms with Gasteiger partial charge >= 0.3 is 12.4 Å². The number of ether oxygens (including phenoxy) is 1. The smallest absolute Gasteiger partial charge is 0.406 e. The number of carbonyl (C=O) groups is 1. The van der Waals surface area contributed by atoms with Gasteiger partial charge in [-0.1, -0.05) is 24.3 Å². The number of alkyl halides is 3. The van der Waals surface area contributed by atoms with Crippen LogP contribution < -0.4 is 15.4 Å². The van der Waals surface area contributed by atoms with Crippen LogP contribution in [-0.2, 0) is 6.54 Å². The minimum absolute atomic E-state index is 0.0718. The van der Waals surface area contributed by atoms with Crippen molar-refractivity contribution >= 4 is 23.5 Å². The standard InChI is InChI=1S/C16H15F3N2O2S/c1-24-14-8-3-2-7-13(14)21-15(22)20-10-11-5-4-6-12(9-11)23-16(17,18)19/h2-9H,10H2,1H3,(H2,20,21,22). The molecule has 0 spiro atoms. The number of urea groups is 1. The molecule has 0 saturated carbocycles. The molecule has 24 heavy (non-hydrogen) atoms. The normalized spacial score (nSPS) is 11.0. The molecule has 2 rings (SSSR count). The van der Waals surface area contributed by atoms with E-state index in [9.17, 15) is 18.0 Å². The zero-order valence-electron chi connectivity index (χ0n) is 12.7. The maximum Gasteiger partial charge on any atom is 0.573 e. The van der Waals surface area contributed by atoms with Gasteiger partial charge in [0.1, 0.15) is 5.75 Å². The van der Waals surface area contributed by atoms with E-state index in [0.717, 1.165) is 4.90 Å². The number of hydrogen-bond acceptors (Lipinski definition) is 3. The molecule has 0 aliphatic heterocycles. The van der Waals surface area contributed by atoms with Gasteiger partial charge in [-0.2, -0.15) is 0 Å². The number of para-hydroxylation sites is 1. The van der Waals surface area contributed by atoms with Crippen LogP contribution in [0.2, 0.25) is 0 Å². The Labute approximate surface area is 141 Å². The summed E-state index contributed by atoms with van der Waals surface area (Å²) in [5, 5.41) is 5.30. The maximum absolute atomic E-state index is 12.2. The monoisotopic (exact) mass is 356 g/mol. The van der Waals surface area contributed by atoms with E-state index in [1.165, 1.54) is 30.0 Å². The second-order valence-electron chi connectivity index (χ2n) is 4.70. The molecule has 0 aromatic heterocycles. The van der Waals surface area contributed by atoms with E-state index < -0.39 is 12.4 Å². The topological polar surface area (TPSA) is 50.4 Å². The lowest BCUT2D eigenvalue weighted by Gasteiger charge is -2.12. The third-order valence-corrected chi connectivity index (χ3v) is 3.74. The van der Waals surface area contributed by atoms with Crippen LogP contribution in [0.15, 0.2) is 53.4 Å². The first-order valence-electron chi connectivity index (χ1n) is 6.90. The molecule has 0 fully saturated rings. The second kappa shape index (κ2) is 7.96. The molecule has 0 aliphatic rings. The van der Waals surface area contributed by atoms with E-state index in [4.69, 9.17) is 0 Å². The molecule has 2 N–H and O–H groups in total. The van der Waals surface area contributed by atoms with E-state index in [1.807, 2.05) is 18.4 Å². The fourth-order valence-electron chi connectivity index (χ4n) is 1.95. The Kier molecular flexibility index (Phi) is 5.97. The van der Waals surface area contributed by atoms with Crippen molar-refractivity contribution in [3.8, 4) is 5.75 Å². The molecule has 128 valence electrons. The largest absolute Gasteiger partial charge is 0.573 e. The number of rotatable bonds is 5. The molecule has 0 saturated heterocycles. The average Bonchev–Trinajstić information content (AvgIpc) is 2.52. The lowest BCUT2D eigenvalue weighted by Crippen LogP contribution is -2.28. The number of amides is 2. The summed E-state index contributed by atoms with van der Waals surface area (Å²) in [6.45, 7) is 0.0718. The van der Waals surface area contributed by atoms with Crippen molar-refractivity contribution in [2.45, 2.75) is 17.8 Å². The number of halogens is 3. The summed E-state index contributed by atoms with van der Waals surface area (Å²) >= 11 is 1.49. The molecule has 8 heteroatoms. The summed E-state index contributed by atoms with van der Waals surface area (Å²) < 4.78 is 40.4. The highest BCUT2D eigenvalue weighted by Crippen LogP contribution is 2.25. The molecular formula is C16H15F3N2O2S. The van der Waals surface area contributed by atoms with Crippen LogP contribution in [0.3, 0.4) is 0 Å². The van der Waals surface area contributed by atoms with Crippen molar-refractivity contribution in [1.82, 2.24) is 5.32 Å². The number of nitrogens with one attached hydrogen (secondary N) is 2. The minimum atomic E-state index is -4.75. The zero-order valence-corrected chi connectivity index (χ0v) is 13.5. The van der Waals surface area contributed by atoms with Gasteiger partial charge in [0, 0.05) is 11.4 Å². The van der Waals surface area contributed by atoms with Gasteiger partial charge in [-0.05, 0) is 36.1 Å². The van der Waals surface area contributed by atoms with Crippen LogP contribution in [0.4, 0.5) is 23.7 Å². The van der Waals surface area contributed by atoms with E-state index in [1.54, 1.807) is 18.2 Å². The number of thioether (sulfide) groups is 1. The van der Waals surface area contributed by atoms with Gasteiger partial charge in [0.25, 0.3) is 0 Å². The van der Waals surface area contributed by atoms with Crippen molar-refractivity contribution in [1.29, 1.82) is 0 Å². The van der Waals surface area contributed by atoms with Gasteiger partial charge in [0.2, 0.25) is 0 Å². The minimum Gasteiger partial charge on any atom is -0.406 e. The Balaban J connectivity index is 1.93. The number of carbonyl (C=O) groups excluding carboxylic acids is 1. The van der Waals surface area contributed by atoms with Gasteiger partial charge < -0.3 is 15.4 Å². The van der Waals surface area contributed by atoms with Crippen LogP contribution in [0.5, 0.6) is 5.75 Å². The second-order valence-corrected chi connectivity index (χ2v) is 5.55. The predicted octanol–water partition coefficient (Wildman–Crippen LogP) is 4.63. The summed E-state index contributed by atoms with van der Waals surface area (Å²) in [4.78, 5) is 12.8. The Hall–Kier alpha value is -2.35. The van der Waals surface area contributed by atoms with Gasteiger partial charge in [-0.3, -0.25) is 0 Å². The lowest BCUT2D eigenvalue weighted by atomic mass is 10.2. The Morgan fingerprint density at radius 3 is 2.62 bits per heavy atom. The zero-order chi connectivity index (χ0) is 17.6. The Bertz CT molecular complexity index is 708. The molecular weight excluding hydrogens is 341 g/mol. The summed E-state index contributed by atoms with van der Waals surface area (Å²) in [7, 11) is 0. The first-order valence-corrected chi connectivity index (χ1v) is 8.12. The molecule has 4 nitrogen and oxygen atoms in total. The maximum atomic E-state index is 12.2. The van der Waals surface area contributed by atoms with Crippen molar-refractivity contribution in [3.63, 3.8) is 0 Å². The van der Waals surface area contributed by atoms with Crippen molar-refractivity contribution in [2.24, 2.45) is 0 Å². The van der Waals surface area contributed by atoms with Crippen LogP contribution in [0.25, 0.3) is 0 Å². The first-order chi connectivity index (χ1) is 11.4. The molecule has 2 amide bonds. The van der Waals surface area contributed by atoms with E-state index in [2.05, 4.69) is 15.4 Å². The van der Waals surface area contributed by atoms with Gasteiger partial charge in [0.05, 0.1) is 5.69 Å². The fourth-order valence-corrected chi connectivity index (χ4v) is 2.50. The number of hydrogen-bond donors (Lipinski definition) is 2. The van der Waals surface area contributed by atoms with E-state index in [0.29, 0.717) is 11.3 Å². The molecule has 0 unspecified atom stereocenters. The number of benzene rings is 2. The summed E-state index contributed by atoms with van der Waals surface area (Å²) in [6, 6.07) is 12.3. The summed E-state index contributed by atoms with van der Waals surface area (Å²) in [5.74, 6) is -0.324. The first kappa shape index (κ1) is 18.0. The molecule has 0 bridgehead atoms. The van der Waals surface area contributed by atoms with Gasteiger partial charge in [-0.25, -0.2) is 4.79 Å². The van der Waals surface area contributed by atoms with Crippen LogP contribution in [0, 0.1) is 0 Å². The third-order valence-electron chi connectivity index (χ3n) is 2.94.